The lowest BCUT2D eigenvalue weighted by Crippen LogP contribution is -2.19. The van der Waals surface area contributed by atoms with Gasteiger partial charge in [0.15, 0.2) is 0 Å². The molecule has 0 spiro atoms. The molecule has 1 aromatic carbocycles. The van der Waals surface area contributed by atoms with Crippen molar-refractivity contribution in [2.45, 2.75) is 13.5 Å². The lowest BCUT2D eigenvalue weighted by Gasteiger charge is -2.20. The number of pyridine rings is 1. The summed E-state index contributed by atoms with van der Waals surface area (Å²) in [5.41, 5.74) is 1.75. The highest BCUT2D eigenvalue weighted by Gasteiger charge is 2.10. The van der Waals surface area contributed by atoms with Gasteiger partial charge in [-0.2, -0.15) is 0 Å². The molecule has 0 N–H and O–H groups in total. The highest BCUT2D eigenvalue weighted by Crippen LogP contribution is 2.25. The van der Waals surface area contributed by atoms with Crippen molar-refractivity contribution in [3.8, 4) is 0 Å². The maximum atomic E-state index is 13.6. The van der Waals surface area contributed by atoms with E-state index in [9.17, 15) is 4.39 Å². The molecule has 0 amide bonds. The predicted octanol–water partition coefficient (Wildman–Crippen LogP) is 3.93. The summed E-state index contributed by atoms with van der Waals surface area (Å²) in [5.74, 6) is 0.622. The van der Waals surface area contributed by atoms with Crippen LogP contribution in [0.1, 0.15) is 11.1 Å². The van der Waals surface area contributed by atoms with E-state index in [4.69, 9.17) is 0 Å². The van der Waals surface area contributed by atoms with Crippen molar-refractivity contribution in [3.63, 3.8) is 0 Å². The first-order valence-electron chi connectivity index (χ1n) is 5.64. The van der Waals surface area contributed by atoms with Crippen molar-refractivity contribution in [1.29, 1.82) is 0 Å². The molecule has 2 nitrogen and oxygen atoms in total. The summed E-state index contributed by atoms with van der Waals surface area (Å²) in [6, 6.07) is 8.79. The van der Waals surface area contributed by atoms with Crippen LogP contribution >= 0.6 is 15.9 Å². The maximum absolute atomic E-state index is 13.6. The minimum Gasteiger partial charge on any atom is -0.354 e. The van der Waals surface area contributed by atoms with Gasteiger partial charge in [0.25, 0.3) is 0 Å². The molecule has 0 aliphatic rings. The van der Waals surface area contributed by atoms with Crippen molar-refractivity contribution in [2.75, 3.05) is 11.9 Å². The van der Waals surface area contributed by atoms with Gasteiger partial charge in [-0.25, -0.2) is 9.37 Å². The lowest BCUT2D eigenvalue weighted by atomic mass is 10.2. The Labute approximate surface area is 115 Å². The molecule has 0 saturated carbocycles. The molecule has 2 aromatic rings. The van der Waals surface area contributed by atoms with Gasteiger partial charge in [0, 0.05) is 25.4 Å². The Balaban J connectivity index is 2.22. The second kappa shape index (κ2) is 5.48. The Morgan fingerprint density at radius 2 is 2.06 bits per heavy atom. The number of hydrogen-bond donors (Lipinski definition) is 0. The molecule has 0 atom stereocenters. The predicted molar refractivity (Wildman–Crippen MR) is 75.2 cm³/mol. The smallest absolute Gasteiger partial charge is 0.142 e. The number of anilines is 1. The summed E-state index contributed by atoms with van der Waals surface area (Å²) in [6.07, 6.45) is 1.80. The molecule has 0 bridgehead atoms. The van der Waals surface area contributed by atoms with Gasteiger partial charge in [0.2, 0.25) is 0 Å². The van der Waals surface area contributed by atoms with Crippen LogP contribution in [-0.2, 0) is 6.54 Å². The average molecular weight is 309 g/mol. The van der Waals surface area contributed by atoms with Crippen LogP contribution in [0.2, 0.25) is 0 Å². The minimum absolute atomic E-state index is 0.187. The molecule has 0 unspecified atom stereocenters. The Hall–Kier alpha value is -1.42. The van der Waals surface area contributed by atoms with Crippen LogP contribution in [0, 0.1) is 12.7 Å². The van der Waals surface area contributed by atoms with Crippen LogP contribution in [0.25, 0.3) is 0 Å². The van der Waals surface area contributed by atoms with E-state index in [0.29, 0.717) is 12.1 Å². The number of rotatable bonds is 3. The van der Waals surface area contributed by atoms with Crippen LogP contribution in [0.3, 0.4) is 0 Å². The SMILES string of the molecule is Cc1cnc(N(C)Cc2ccccc2F)c(Br)c1. The van der Waals surface area contributed by atoms with E-state index in [-0.39, 0.29) is 5.82 Å². The van der Waals surface area contributed by atoms with Crippen molar-refractivity contribution < 1.29 is 4.39 Å². The van der Waals surface area contributed by atoms with Crippen LogP contribution in [0.15, 0.2) is 41.0 Å². The highest BCUT2D eigenvalue weighted by molar-refractivity contribution is 9.10. The average Bonchev–Trinajstić information content (AvgIpc) is 2.32. The fourth-order valence-electron chi connectivity index (χ4n) is 1.76. The van der Waals surface area contributed by atoms with Crippen molar-refractivity contribution >= 4 is 21.7 Å². The normalized spacial score (nSPS) is 10.4. The minimum atomic E-state index is -0.187. The summed E-state index contributed by atoms with van der Waals surface area (Å²) >= 11 is 3.48. The molecule has 0 aliphatic carbocycles. The Morgan fingerprint density at radius 3 is 2.72 bits per heavy atom. The van der Waals surface area contributed by atoms with Gasteiger partial charge < -0.3 is 4.90 Å². The van der Waals surface area contributed by atoms with Gasteiger partial charge in [-0.15, -0.1) is 0 Å². The van der Waals surface area contributed by atoms with Gasteiger partial charge in [-0.3, -0.25) is 0 Å². The molecule has 0 radical (unpaired) electrons. The Morgan fingerprint density at radius 1 is 1.33 bits per heavy atom. The van der Waals surface area contributed by atoms with Crippen molar-refractivity contribution in [3.05, 3.63) is 57.9 Å². The number of hydrogen-bond acceptors (Lipinski definition) is 2. The molecule has 18 heavy (non-hydrogen) atoms. The van der Waals surface area contributed by atoms with Gasteiger partial charge in [0.05, 0.1) is 4.47 Å². The molecule has 1 aromatic heterocycles. The van der Waals surface area contributed by atoms with E-state index < -0.39 is 0 Å². The van der Waals surface area contributed by atoms with E-state index >= 15 is 0 Å². The number of aromatic nitrogens is 1. The largest absolute Gasteiger partial charge is 0.354 e. The molecule has 0 aliphatic heterocycles. The highest BCUT2D eigenvalue weighted by atomic mass is 79.9. The summed E-state index contributed by atoms with van der Waals surface area (Å²) in [4.78, 5) is 6.28. The molecule has 0 saturated heterocycles. The first kappa shape index (κ1) is 13.0. The van der Waals surface area contributed by atoms with Gasteiger partial charge in [-0.1, -0.05) is 18.2 Å². The van der Waals surface area contributed by atoms with E-state index in [1.165, 1.54) is 6.07 Å². The van der Waals surface area contributed by atoms with Crippen LogP contribution in [0.5, 0.6) is 0 Å². The molecule has 94 valence electrons. The van der Waals surface area contributed by atoms with E-state index in [0.717, 1.165) is 15.9 Å². The monoisotopic (exact) mass is 308 g/mol. The summed E-state index contributed by atoms with van der Waals surface area (Å²) in [6.45, 7) is 2.47. The zero-order valence-electron chi connectivity index (χ0n) is 10.3. The zero-order valence-corrected chi connectivity index (χ0v) is 11.9. The third-order valence-corrected chi connectivity index (χ3v) is 3.27. The summed E-state index contributed by atoms with van der Waals surface area (Å²) in [5, 5.41) is 0. The number of halogens is 2. The zero-order chi connectivity index (χ0) is 13.1. The third kappa shape index (κ3) is 2.88. The fraction of sp³-hybridized carbons (Fsp3) is 0.214. The van der Waals surface area contributed by atoms with Gasteiger partial charge in [0.1, 0.15) is 11.6 Å². The first-order valence-corrected chi connectivity index (χ1v) is 6.44. The Bertz CT molecular complexity index is 557. The fourth-order valence-corrected chi connectivity index (χ4v) is 2.53. The lowest BCUT2D eigenvalue weighted by molar-refractivity contribution is 0.607. The second-order valence-electron chi connectivity index (χ2n) is 4.27. The summed E-state index contributed by atoms with van der Waals surface area (Å²) in [7, 11) is 1.90. The molecule has 4 heteroatoms. The van der Waals surface area contributed by atoms with E-state index in [1.54, 1.807) is 18.3 Å². The number of benzene rings is 1. The molecular formula is C14H14BrFN2. The topological polar surface area (TPSA) is 16.1 Å². The first-order chi connectivity index (χ1) is 8.58. The third-order valence-electron chi connectivity index (χ3n) is 2.69. The van der Waals surface area contributed by atoms with Crippen molar-refractivity contribution in [1.82, 2.24) is 4.98 Å². The molecule has 2 rings (SSSR count). The Kier molecular flexibility index (Phi) is 3.97. The van der Waals surface area contributed by atoms with E-state index in [2.05, 4.69) is 20.9 Å². The standard InChI is InChI=1S/C14H14BrFN2/c1-10-7-12(15)14(17-8-10)18(2)9-11-5-3-4-6-13(11)16/h3-8H,9H2,1-2H3. The van der Waals surface area contributed by atoms with Crippen LogP contribution < -0.4 is 4.90 Å². The van der Waals surface area contributed by atoms with Gasteiger partial charge >= 0.3 is 0 Å². The maximum Gasteiger partial charge on any atom is 0.142 e. The summed E-state index contributed by atoms with van der Waals surface area (Å²) < 4.78 is 14.5. The number of nitrogens with zero attached hydrogens (tertiary/aromatic N) is 2. The van der Waals surface area contributed by atoms with Crippen LogP contribution in [0.4, 0.5) is 10.2 Å². The quantitative estimate of drug-likeness (QED) is 0.854. The molecule has 0 fully saturated rings. The van der Waals surface area contributed by atoms with E-state index in [1.807, 2.05) is 31.0 Å². The number of aryl methyl sites for hydroxylation is 1. The van der Waals surface area contributed by atoms with Crippen molar-refractivity contribution in [2.24, 2.45) is 0 Å². The van der Waals surface area contributed by atoms with Crippen LogP contribution in [-0.4, -0.2) is 12.0 Å². The molecule has 1 heterocycles. The second-order valence-corrected chi connectivity index (χ2v) is 5.12. The van der Waals surface area contributed by atoms with Gasteiger partial charge in [-0.05, 0) is 40.5 Å². The molecular weight excluding hydrogens is 295 g/mol.